The van der Waals surface area contributed by atoms with Crippen LogP contribution in [0.4, 0.5) is 5.69 Å². The van der Waals surface area contributed by atoms with E-state index in [1.807, 2.05) is 30.3 Å². The first-order chi connectivity index (χ1) is 15.4. The third kappa shape index (κ3) is 6.46. The number of aromatic hydroxyl groups is 1. The number of hydrogen-bond acceptors (Lipinski definition) is 5. The number of thioether (sulfide) groups is 1. The van der Waals surface area contributed by atoms with Crippen LogP contribution in [0.1, 0.15) is 32.3 Å². The number of benzene rings is 2. The molecule has 2 aliphatic heterocycles. The van der Waals surface area contributed by atoms with E-state index in [0.29, 0.717) is 12.3 Å². The van der Waals surface area contributed by atoms with Gasteiger partial charge in [0.1, 0.15) is 5.75 Å². The Morgan fingerprint density at radius 3 is 2.58 bits per heavy atom. The summed E-state index contributed by atoms with van der Waals surface area (Å²) in [5, 5.41) is 12.8. The van der Waals surface area contributed by atoms with Crippen molar-refractivity contribution in [2.24, 2.45) is 0 Å². The second-order valence-electron chi connectivity index (χ2n) is 9.02. The summed E-state index contributed by atoms with van der Waals surface area (Å²) >= 11 is 1.76. The van der Waals surface area contributed by atoms with Crippen LogP contribution < -0.4 is 10.2 Å². The Bertz CT molecular complexity index is 987. The highest BCUT2D eigenvalue weighted by atomic mass is 35.5. The number of carbonyl (C=O) groups is 1. The van der Waals surface area contributed by atoms with Crippen LogP contribution in [-0.4, -0.2) is 59.9 Å². The molecule has 33 heavy (non-hydrogen) atoms. The van der Waals surface area contributed by atoms with Gasteiger partial charge in [-0.1, -0.05) is 24.3 Å². The van der Waals surface area contributed by atoms with Crippen molar-refractivity contribution >= 4 is 41.8 Å². The van der Waals surface area contributed by atoms with Crippen LogP contribution in [0.3, 0.4) is 0 Å². The molecule has 1 amide bonds. The number of unbranched alkanes of at least 4 members (excludes halogenated alkanes) is 1. The van der Waals surface area contributed by atoms with E-state index in [1.165, 1.54) is 4.90 Å². The van der Waals surface area contributed by atoms with Crippen LogP contribution in [-0.2, 0) is 4.79 Å². The molecule has 0 bridgehead atoms. The molecule has 2 aromatic carbocycles. The molecule has 2 heterocycles. The lowest BCUT2D eigenvalue weighted by Crippen LogP contribution is -2.46. The van der Waals surface area contributed by atoms with Crippen molar-refractivity contribution in [3.63, 3.8) is 0 Å². The summed E-state index contributed by atoms with van der Waals surface area (Å²) in [4.78, 5) is 18.9. The molecule has 0 atom stereocenters. The highest BCUT2D eigenvalue weighted by molar-refractivity contribution is 8.01. The highest BCUT2D eigenvalue weighted by Gasteiger charge is 2.33. The van der Waals surface area contributed by atoms with E-state index in [0.717, 1.165) is 62.4 Å². The third-order valence-corrected chi connectivity index (χ3v) is 7.55. The zero-order valence-corrected chi connectivity index (χ0v) is 21.1. The molecule has 2 aliphatic rings. The van der Waals surface area contributed by atoms with E-state index in [-0.39, 0.29) is 23.1 Å². The lowest BCUT2D eigenvalue weighted by atomic mass is 9.97. The number of rotatable bonds is 7. The minimum atomic E-state index is -0.229. The van der Waals surface area contributed by atoms with Gasteiger partial charge in [-0.2, -0.15) is 0 Å². The molecule has 0 saturated carbocycles. The largest absolute Gasteiger partial charge is 0.508 e. The van der Waals surface area contributed by atoms with Crippen LogP contribution in [0.25, 0.3) is 6.08 Å². The fourth-order valence-corrected chi connectivity index (χ4v) is 5.57. The van der Waals surface area contributed by atoms with Crippen LogP contribution in [0.2, 0.25) is 0 Å². The maximum absolute atomic E-state index is 12.9. The van der Waals surface area contributed by atoms with Gasteiger partial charge in [0.25, 0.3) is 0 Å². The van der Waals surface area contributed by atoms with Gasteiger partial charge >= 0.3 is 0 Å². The zero-order valence-electron chi connectivity index (χ0n) is 19.4. The molecular formula is C26H34ClN3O2S. The molecule has 0 aromatic heterocycles. The van der Waals surface area contributed by atoms with Crippen molar-refractivity contribution in [2.75, 3.05) is 44.2 Å². The third-order valence-electron chi connectivity index (χ3n) is 6.23. The van der Waals surface area contributed by atoms with Crippen molar-refractivity contribution in [2.45, 2.75) is 36.3 Å². The molecule has 0 aliphatic carbocycles. The fourth-order valence-electron chi connectivity index (χ4n) is 4.37. The van der Waals surface area contributed by atoms with E-state index < -0.39 is 0 Å². The minimum absolute atomic E-state index is 0. The van der Waals surface area contributed by atoms with Gasteiger partial charge in [0.05, 0.1) is 0 Å². The maximum Gasteiger partial charge on any atom is 0.248 e. The number of carbonyl (C=O) groups excluding carboxylic acids is 1. The molecule has 2 N–H and O–H groups in total. The number of fused-ring (bicyclic) bond motifs is 1. The Kier molecular flexibility index (Phi) is 8.74. The summed E-state index contributed by atoms with van der Waals surface area (Å²) in [7, 11) is 0. The second-order valence-corrected chi connectivity index (χ2v) is 10.7. The van der Waals surface area contributed by atoms with Crippen LogP contribution >= 0.6 is 24.2 Å². The molecule has 0 spiro atoms. The molecule has 2 aromatic rings. The monoisotopic (exact) mass is 487 g/mol. The molecule has 0 unspecified atom stereocenters. The highest BCUT2D eigenvalue weighted by Crippen LogP contribution is 2.44. The van der Waals surface area contributed by atoms with Crippen LogP contribution in [0, 0.1) is 0 Å². The predicted octanol–water partition coefficient (Wildman–Crippen LogP) is 4.80. The van der Waals surface area contributed by atoms with Gasteiger partial charge in [0.2, 0.25) is 5.91 Å². The van der Waals surface area contributed by atoms with Gasteiger partial charge in [-0.05, 0) is 63.1 Å². The molecule has 178 valence electrons. The van der Waals surface area contributed by atoms with Crippen molar-refractivity contribution in [1.29, 1.82) is 0 Å². The molecular weight excluding hydrogens is 454 g/mol. The van der Waals surface area contributed by atoms with Gasteiger partial charge in [-0.15, -0.1) is 24.2 Å². The average Bonchev–Trinajstić information content (AvgIpc) is 2.78. The summed E-state index contributed by atoms with van der Waals surface area (Å²) < 4.78 is -0.229. The first-order valence-electron chi connectivity index (χ1n) is 11.5. The number of anilines is 1. The Labute approximate surface area is 207 Å². The summed E-state index contributed by atoms with van der Waals surface area (Å²) in [6.45, 7) is 10.0. The average molecular weight is 488 g/mol. The van der Waals surface area contributed by atoms with Crippen molar-refractivity contribution in [1.82, 2.24) is 10.2 Å². The van der Waals surface area contributed by atoms with E-state index in [1.54, 1.807) is 17.8 Å². The summed E-state index contributed by atoms with van der Waals surface area (Å²) in [5.41, 5.74) is 3.07. The zero-order chi connectivity index (χ0) is 22.6. The van der Waals surface area contributed by atoms with Gasteiger partial charge in [0, 0.05) is 59.7 Å². The Hall–Kier alpha value is -2.15. The summed E-state index contributed by atoms with van der Waals surface area (Å²) in [6, 6.07) is 15.8. The standard InChI is InChI=1S/C26H33N3O2S.ClH/c1-26(2)23(18-20-8-3-4-11-24(20)32-26)25(31)27-12-5-6-13-28-14-16-29(17-15-28)21-9-7-10-22(30)19-21;/h3-4,7-11,18-19,30H,5-6,12-17H2,1-2H3,(H,27,31);1H. The quantitative estimate of drug-likeness (QED) is 0.549. The Morgan fingerprint density at radius 1 is 1.06 bits per heavy atom. The van der Waals surface area contributed by atoms with Gasteiger partial charge < -0.3 is 15.3 Å². The predicted molar refractivity (Wildman–Crippen MR) is 141 cm³/mol. The first-order valence-corrected chi connectivity index (χ1v) is 12.3. The molecule has 0 radical (unpaired) electrons. The van der Waals surface area contributed by atoms with Gasteiger partial charge in [-0.3, -0.25) is 9.69 Å². The Balaban J connectivity index is 0.00000306. The number of phenolic OH excluding ortho intramolecular Hbond substituents is 1. The van der Waals surface area contributed by atoms with Crippen molar-refractivity contribution in [3.05, 3.63) is 59.7 Å². The SMILES string of the molecule is CC1(C)Sc2ccccc2C=C1C(=O)NCCCCN1CCN(c2cccc(O)c2)CC1.Cl. The van der Waals surface area contributed by atoms with Gasteiger partial charge in [0.15, 0.2) is 0 Å². The van der Waals surface area contributed by atoms with E-state index >= 15 is 0 Å². The fraction of sp³-hybridized carbons (Fsp3) is 0.423. The number of nitrogens with one attached hydrogen (secondary N) is 1. The van der Waals surface area contributed by atoms with E-state index in [2.05, 4.69) is 47.2 Å². The van der Waals surface area contributed by atoms with Gasteiger partial charge in [-0.25, -0.2) is 0 Å². The minimum Gasteiger partial charge on any atom is -0.508 e. The summed E-state index contributed by atoms with van der Waals surface area (Å²) in [6.07, 6.45) is 4.11. The lowest BCUT2D eigenvalue weighted by molar-refractivity contribution is -0.117. The number of hydrogen-bond donors (Lipinski definition) is 2. The number of phenols is 1. The number of piperazine rings is 1. The first kappa shape index (κ1) is 25.5. The van der Waals surface area contributed by atoms with Crippen LogP contribution in [0.15, 0.2) is 59.0 Å². The second kappa shape index (κ2) is 11.3. The summed E-state index contributed by atoms with van der Waals surface area (Å²) in [5.74, 6) is 0.374. The molecule has 5 nitrogen and oxygen atoms in total. The topological polar surface area (TPSA) is 55.8 Å². The number of nitrogens with zero attached hydrogens (tertiary/aromatic N) is 2. The maximum atomic E-state index is 12.9. The van der Waals surface area contributed by atoms with Crippen LogP contribution in [0.5, 0.6) is 5.75 Å². The molecule has 7 heteroatoms. The van der Waals surface area contributed by atoms with E-state index in [4.69, 9.17) is 0 Å². The normalized spacial score (nSPS) is 17.5. The number of halogens is 1. The lowest BCUT2D eigenvalue weighted by Gasteiger charge is -2.36. The van der Waals surface area contributed by atoms with Crippen molar-refractivity contribution in [3.8, 4) is 5.75 Å². The molecule has 4 rings (SSSR count). The van der Waals surface area contributed by atoms with E-state index in [9.17, 15) is 9.90 Å². The molecule has 1 saturated heterocycles. The Morgan fingerprint density at radius 2 is 1.82 bits per heavy atom. The number of amides is 1. The van der Waals surface area contributed by atoms with Crippen molar-refractivity contribution < 1.29 is 9.90 Å². The molecule has 1 fully saturated rings. The smallest absolute Gasteiger partial charge is 0.248 e.